The molecule has 1 unspecified atom stereocenters. The summed E-state index contributed by atoms with van der Waals surface area (Å²) in [5, 5.41) is 2.92. The number of nitrogens with zero attached hydrogens (tertiary/aromatic N) is 1. The van der Waals surface area contributed by atoms with E-state index in [1.807, 2.05) is 0 Å². The fourth-order valence-electron chi connectivity index (χ4n) is 1.78. The molecule has 0 bridgehead atoms. The van der Waals surface area contributed by atoms with Crippen molar-refractivity contribution in [2.75, 3.05) is 13.7 Å². The van der Waals surface area contributed by atoms with Crippen LogP contribution in [-0.2, 0) is 0 Å². The lowest BCUT2D eigenvalue weighted by molar-refractivity contribution is 0.0930. The van der Waals surface area contributed by atoms with Gasteiger partial charge < -0.3 is 15.8 Å². The maximum atomic E-state index is 12.1. The molecule has 0 aliphatic carbocycles. The Hall–Kier alpha value is -1.62. The number of rotatable bonds is 6. The molecular weight excluding hydrogens is 230 g/mol. The van der Waals surface area contributed by atoms with Crippen LogP contribution in [0.4, 0.5) is 0 Å². The van der Waals surface area contributed by atoms with E-state index in [2.05, 4.69) is 24.1 Å². The van der Waals surface area contributed by atoms with E-state index in [4.69, 9.17) is 10.5 Å². The van der Waals surface area contributed by atoms with E-state index in [-0.39, 0.29) is 11.9 Å². The molecule has 5 nitrogen and oxygen atoms in total. The predicted octanol–water partition coefficient (Wildman–Crippen LogP) is 1.19. The minimum atomic E-state index is -0.176. The van der Waals surface area contributed by atoms with E-state index in [9.17, 15) is 4.79 Å². The number of nitrogens with two attached hydrogens (primary N) is 1. The number of ether oxygens (including phenoxy) is 1. The second-order valence-electron chi connectivity index (χ2n) is 4.61. The van der Waals surface area contributed by atoms with Gasteiger partial charge in [-0.05, 0) is 18.4 Å². The van der Waals surface area contributed by atoms with E-state index in [1.54, 1.807) is 12.3 Å². The van der Waals surface area contributed by atoms with E-state index in [1.165, 1.54) is 13.3 Å². The van der Waals surface area contributed by atoms with Crippen LogP contribution in [0.3, 0.4) is 0 Å². The quantitative estimate of drug-likeness (QED) is 0.796. The van der Waals surface area contributed by atoms with Crippen LogP contribution in [0.2, 0.25) is 0 Å². The number of methoxy groups -OCH3 is 1. The summed E-state index contributed by atoms with van der Waals surface area (Å²) in [5.41, 5.74) is 6.14. The molecule has 0 spiro atoms. The van der Waals surface area contributed by atoms with Gasteiger partial charge in [0.15, 0.2) is 0 Å². The fourth-order valence-corrected chi connectivity index (χ4v) is 1.78. The Labute approximate surface area is 108 Å². The molecule has 0 aliphatic heterocycles. The average Bonchev–Trinajstić information content (AvgIpc) is 2.37. The summed E-state index contributed by atoms with van der Waals surface area (Å²) in [6.07, 6.45) is 3.95. The van der Waals surface area contributed by atoms with Crippen molar-refractivity contribution in [3.8, 4) is 5.75 Å². The topological polar surface area (TPSA) is 77.2 Å². The van der Waals surface area contributed by atoms with Crippen molar-refractivity contribution < 1.29 is 9.53 Å². The summed E-state index contributed by atoms with van der Waals surface area (Å²) >= 11 is 0. The highest BCUT2D eigenvalue weighted by Gasteiger charge is 2.16. The summed E-state index contributed by atoms with van der Waals surface area (Å²) in [4.78, 5) is 16.0. The highest BCUT2D eigenvalue weighted by atomic mass is 16.5. The summed E-state index contributed by atoms with van der Waals surface area (Å²) in [5.74, 6) is 0.777. The third kappa shape index (κ3) is 4.00. The number of hydrogen-bond donors (Lipinski definition) is 2. The maximum Gasteiger partial charge on any atom is 0.255 e. The van der Waals surface area contributed by atoms with Gasteiger partial charge >= 0.3 is 0 Å². The Morgan fingerprint density at radius 2 is 2.28 bits per heavy atom. The number of carbonyl (C=O) groups excluding carboxylic acids is 1. The molecule has 1 aromatic rings. The molecule has 18 heavy (non-hydrogen) atoms. The van der Waals surface area contributed by atoms with Gasteiger partial charge in [-0.2, -0.15) is 0 Å². The number of aromatic nitrogens is 1. The van der Waals surface area contributed by atoms with Crippen LogP contribution in [0.1, 0.15) is 30.6 Å². The normalized spacial score (nSPS) is 12.3. The summed E-state index contributed by atoms with van der Waals surface area (Å²) in [7, 11) is 1.52. The van der Waals surface area contributed by atoms with Gasteiger partial charge in [0.05, 0.1) is 18.9 Å². The molecule has 0 radical (unpaired) electrons. The Morgan fingerprint density at radius 1 is 1.56 bits per heavy atom. The van der Waals surface area contributed by atoms with E-state index < -0.39 is 0 Å². The van der Waals surface area contributed by atoms with Crippen LogP contribution in [0.5, 0.6) is 5.75 Å². The molecule has 3 N–H and O–H groups in total. The lowest BCUT2D eigenvalue weighted by Crippen LogP contribution is -2.41. The second-order valence-corrected chi connectivity index (χ2v) is 4.61. The number of amides is 1. The molecule has 0 saturated heterocycles. The monoisotopic (exact) mass is 251 g/mol. The number of pyridine rings is 1. The minimum Gasteiger partial charge on any atom is -0.494 e. The predicted molar refractivity (Wildman–Crippen MR) is 70.6 cm³/mol. The minimum absolute atomic E-state index is 0.0182. The molecule has 1 rings (SSSR count). The van der Waals surface area contributed by atoms with Crippen LogP contribution in [0.25, 0.3) is 0 Å². The zero-order valence-corrected chi connectivity index (χ0v) is 11.1. The molecule has 0 aromatic carbocycles. The molecule has 0 fully saturated rings. The van der Waals surface area contributed by atoms with Crippen LogP contribution in [-0.4, -0.2) is 30.6 Å². The van der Waals surface area contributed by atoms with Crippen LogP contribution < -0.4 is 15.8 Å². The van der Waals surface area contributed by atoms with E-state index >= 15 is 0 Å². The van der Waals surface area contributed by atoms with Gasteiger partial charge in [-0.3, -0.25) is 9.78 Å². The molecular formula is C13H21N3O2. The van der Waals surface area contributed by atoms with Crippen molar-refractivity contribution in [2.45, 2.75) is 26.3 Å². The highest BCUT2D eigenvalue weighted by molar-refractivity contribution is 5.96. The molecule has 0 aliphatic rings. The number of carbonyl (C=O) groups is 1. The molecule has 1 aromatic heterocycles. The van der Waals surface area contributed by atoms with Crippen molar-refractivity contribution >= 4 is 5.91 Å². The molecule has 1 atom stereocenters. The molecule has 1 heterocycles. The van der Waals surface area contributed by atoms with Crippen molar-refractivity contribution in [3.63, 3.8) is 0 Å². The SMILES string of the molecule is COc1cnccc1C(=O)NC(CN)CC(C)C. The number of nitrogens with one attached hydrogen (secondary N) is 1. The van der Waals surface area contributed by atoms with E-state index in [0.29, 0.717) is 23.8 Å². The molecule has 5 heteroatoms. The van der Waals surface area contributed by atoms with Crippen LogP contribution >= 0.6 is 0 Å². The Morgan fingerprint density at radius 3 is 2.83 bits per heavy atom. The van der Waals surface area contributed by atoms with Gasteiger partial charge in [0, 0.05) is 18.8 Å². The Balaban J connectivity index is 2.74. The van der Waals surface area contributed by atoms with Gasteiger partial charge in [0.25, 0.3) is 5.91 Å². The first-order valence-electron chi connectivity index (χ1n) is 6.07. The van der Waals surface area contributed by atoms with Crippen LogP contribution in [0.15, 0.2) is 18.5 Å². The first-order valence-corrected chi connectivity index (χ1v) is 6.07. The lowest BCUT2D eigenvalue weighted by Gasteiger charge is -2.19. The highest BCUT2D eigenvalue weighted by Crippen LogP contribution is 2.16. The smallest absolute Gasteiger partial charge is 0.255 e. The van der Waals surface area contributed by atoms with Crippen molar-refractivity contribution in [1.82, 2.24) is 10.3 Å². The summed E-state index contributed by atoms with van der Waals surface area (Å²) in [6.45, 7) is 4.63. The number of hydrogen-bond acceptors (Lipinski definition) is 4. The average molecular weight is 251 g/mol. The summed E-state index contributed by atoms with van der Waals surface area (Å²) < 4.78 is 5.11. The first-order chi connectivity index (χ1) is 8.58. The van der Waals surface area contributed by atoms with Crippen LogP contribution in [0, 0.1) is 5.92 Å². The zero-order valence-electron chi connectivity index (χ0n) is 11.1. The lowest BCUT2D eigenvalue weighted by atomic mass is 10.0. The maximum absolute atomic E-state index is 12.1. The second kappa shape index (κ2) is 6.96. The van der Waals surface area contributed by atoms with E-state index in [0.717, 1.165) is 6.42 Å². The van der Waals surface area contributed by atoms with Gasteiger partial charge in [0.1, 0.15) is 5.75 Å². The van der Waals surface area contributed by atoms with Gasteiger partial charge in [-0.1, -0.05) is 13.8 Å². The van der Waals surface area contributed by atoms with Crippen molar-refractivity contribution in [2.24, 2.45) is 11.7 Å². The Bertz CT molecular complexity index is 394. The van der Waals surface area contributed by atoms with Gasteiger partial charge in [-0.25, -0.2) is 0 Å². The zero-order chi connectivity index (χ0) is 13.5. The van der Waals surface area contributed by atoms with Crippen molar-refractivity contribution in [1.29, 1.82) is 0 Å². The standard InChI is InChI=1S/C13H21N3O2/c1-9(2)6-10(7-14)16-13(17)11-4-5-15-8-12(11)18-3/h4-5,8-10H,6-7,14H2,1-3H3,(H,16,17). The summed E-state index contributed by atoms with van der Waals surface area (Å²) in [6, 6.07) is 1.62. The Kier molecular flexibility index (Phi) is 5.58. The third-order valence-corrected chi connectivity index (χ3v) is 2.62. The van der Waals surface area contributed by atoms with Gasteiger partial charge in [-0.15, -0.1) is 0 Å². The first kappa shape index (κ1) is 14.4. The molecule has 100 valence electrons. The van der Waals surface area contributed by atoms with Crippen molar-refractivity contribution in [3.05, 3.63) is 24.0 Å². The molecule has 0 saturated carbocycles. The largest absolute Gasteiger partial charge is 0.494 e. The molecule has 1 amide bonds. The fraction of sp³-hybridized carbons (Fsp3) is 0.538. The third-order valence-electron chi connectivity index (χ3n) is 2.62. The van der Waals surface area contributed by atoms with Gasteiger partial charge in [0.2, 0.25) is 0 Å².